The predicted octanol–water partition coefficient (Wildman–Crippen LogP) is 2.55. The van der Waals surface area contributed by atoms with Crippen LogP contribution in [0.1, 0.15) is 28.8 Å². The molecule has 0 unspecified atom stereocenters. The number of nitrogens with zero attached hydrogens (tertiary/aromatic N) is 3. The minimum atomic E-state index is -0.361. The van der Waals surface area contributed by atoms with E-state index in [4.69, 9.17) is 10.00 Å². The molecule has 2 heterocycles. The molecule has 26 heavy (non-hydrogen) atoms. The molecule has 6 heteroatoms. The van der Waals surface area contributed by atoms with Crippen molar-refractivity contribution in [2.45, 2.75) is 26.4 Å². The number of carbonyl (C=O) groups excluding carboxylic acids is 1. The van der Waals surface area contributed by atoms with Crippen molar-refractivity contribution >= 4 is 11.6 Å². The molecule has 2 aromatic heterocycles. The van der Waals surface area contributed by atoms with Gasteiger partial charge >= 0.3 is 5.97 Å². The Kier molecular flexibility index (Phi) is 5.09. The first kappa shape index (κ1) is 17.4. The molecule has 0 fully saturated rings. The van der Waals surface area contributed by atoms with Crippen molar-refractivity contribution < 1.29 is 9.53 Å². The SMILES string of the molecule is Cc1ccc2nc(COC(=O)CCc3ccc(C#N)cc3)cc(=O)n2c1. The standard InChI is InChI=1S/C20H17N3O3/c1-14-2-8-18-22-17(10-19(24)23(18)12-14)13-26-20(25)9-7-15-3-5-16(11-21)6-4-15/h2-6,8,10,12H,7,9,13H2,1H3. The molecule has 0 aliphatic carbocycles. The molecule has 0 aliphatic heterocycles. The molecule has 3 rings (SSSR count). The van der Waals surface area contributed by atoms with Gasteiger partial charge in [0.1, 0.15) is 12.3 Å². The molecule has 0 N–H and O–H groups in total. The number of hydrogen-bond donors (Lipinski definition) is 0. The van der Waals surface area contributed by atoms with Crippen LogP contribution in [0.4, 0.5) is 0 Å². The highest BCUT2D eigenvalue weighted by Gasteiger charge is 2.07. The molecular formula is C20H17N3O3. The van der Waals surface area contributed by atoms with Gasteiger partial charge in [0.05, 0.1) is 17.3 Å². The van der Waals surface area contributed by atoms with Crippen molar-refractivity contribution in [3.8, 4) is 6.07 Å². The fraction of sp³-hybridized carbons (Fsp3) is 0.200. The maximum Gasteiger partial charge on any atom is 0.306 e. The molecule has 0 atom stereocenters. The van der Waals surface area contributed by atoms with Crippen LogP contribution in [-0.2, 0) is 22.6 Å². The molecule has 0 bridgehead atoms. The van der Waals surface area contributed by atoms with E-state index in [0.717, 1.165) is 11.1 Å². The molecule has 0 amide bonds. The number of benzene rings is 1. The lowest BCUT2D eigenvalue weighted by atomic mass is 10.1. The third-order valence-corrected chi connectivity index (χ3v) is 3.94. The average molecular weight is 347 g/mol. The summed E-state index contributed by atoms with van der Waals surface area (Å²) in [4.78, 5) is 28.4. The quantitative estimate of drug-likeness (QED) is 0.662. The molecular weight excluding hydrogens is 330 g/mol. The molecule has 130 valence electrons. The number of fused-ring (bicyclic) bond motifs is 1. The van der Waals surface area contributed by atoms with E-state index in [-0.39, 0.29) is 24.6 Å². The van der Waals surface area contributed by atoms with Gasteiger partial charge in [0, 0.05) is 18.7 Å². The normalized spacial score (nSPS) is 10.5. The lowest BCUT2D eigenvalue weighted by molar-refractivity contribution is -0.145. The number of aromatic nitrogens is 2. The minimum absolute atomic E-state index is 0.0359. The number of aryl methyl sites for hydroxylation is 2. The van der Waals surface area contributed by atoms with E-state index < -0.39 is 0 Å². The van der Waals surface area contributed by atoms with Crippen LogP contribution < -0.4 is 5.56 Å². The molecule has 0 saturated heterocycles. The van der Waals surface area contributed by atoms with E-state index in [1.54, 1.807) is 24.4 Å². The van der Waals surface area contributed by atoms with Crippen molar-refractivity contribution in [3.63, 3.8) is 0 Å². The second-order valence-corrected chi connectivity index (χ2v) is 5.99. The zero-order valence-electron chi connectivity index (χ0n) is 14.3. The summed E-state index contributed by atoms with van der Waals surface area (Å²) in [5, 5.41) is 8.77. The second-order valence-electron chi connectivity index (χ2n) is 5.99. The molecule has 3 aromatic rings. The highest BCUT2D eigenvalue weighted by atomic mass is 16.5. The van der Waals surface area contributed by atoms with Gasteiger partial charge in [-0.05, 0) is 42.7 Å². The molecule has 6 nitrogen and oxygen atoms in total. The molecule has 1 aromatic carbocycles. The summed E-state index contributed by atoms with van der Waals surface area (Å²) in [7, 11) is 0. The fourth-order valence-electron chi connectivity index (χ4n) is 2.55. The summed E-state index contributed by atoms with van der Waals surface area (Å²) in [6.07, 6.45) is 2.47. The minimum Gasteiger partial charge on any atom is -0.459 e. The zero-order valence-corrected chi connectivity index (χ0v) is 14.3. The fourth-order valence-corrected chi connectivity index (χ4v) is 2.55. The summed E-state index contributed by atoms with van der Waals surface area (Å²) in [5.41, 5.74) is 3.24. The molecule has 0 saturated carbocycles. The van der Waals surface area contributed by atoms with E-state index in [1.165, 1.54) is 10.5 Å². The van der Waals surface area contributed by atoms with Gasteiger partial charge in [-0.25, -0.2) is 4.98 Å². The summed E-state index contributed by atoms with van der Waals surface area (Å²) < 4.78 is 6.68. The Morgan fingerprint density at radius 3 is 2.73 bits per heavy atom. The lowest BCUT2D eigenvalue weighted by Gasteiger charge is -2.07. The Bertz CT molecular complexity index is 1050. The van der Waals surface area contributed by atoms with Crippen LogP contribution in [0.5, 0.6) is 0 Å². The third-order valence-electron chi connectivity index (χ3n) is 3.94. The zero-order chi connectivity index (χ0) is 18.5. The topological polar surface area (TPSA) is 84.5 Å². The Labute approximate surface area is 150 Å². The number of pyridine rings is 1. The van der Waals surface area contributed by atoms with E-state index >= 15 is 0 Å². The van der Waals surface area contributed by atoms with Crippen molar-refractivity contribution in [2.75, 3.05) is 0 Å². The van der Waals surface area contributed by atoms with Crippen molar-refractivity contribution in [3.05, 3.63) is 81.4 Å². The van der Waals surface area contributed by atoms with Crippen LogP contribution in [0, 0.1) is 18.3 Å². The first-order valence-electron chi connectivity index (χ1n) is 8.19. The first-order valence-corrected chi connectivity index (χ1v) is 8.19. The van der Waals surface area contributed by atoms with Crippen LogP contribution in [0.25, 0.3) is 5.65 Å². The number of rotatable bonds is 5. The van der Waals surface area contributed by atoms with Crippen molar-refractivity contribution in [1.29, 1.82) is 5.26 Å². The van der Waals surface area contributed by atoms with E-state index in [9.17, 15) is 9.59 Å². The van der Waals surface area contributed by atoms with Crippen molar-refractivity contribution in [2.24, 2.45) is 0 Å². The average Bonchev–Trinajstić information content (AvgIpc) is 2.65. The lowest BCUT2D eigenvalue weighted by Crippen LogP contribution is -2.17. The van der Waals surface area contributed by atoms with Gasteiger partial charge in [-0.2, -0.15) is 5.26 Å². The van der Waals surface area contributed by atoms with E-state index in [1.807, 2.05) is 25.1 Å². The van der Waals surface area contributed by atoms with Crippen LogP contribution in [-0.4, -0.2) is 15.4 Å². The van der Waals surface area contributed by atoms with Gasteiger partial charge in [-0.3, -0.25) is 14.0 Å². The predicted molar refractivity (Wildman–Crippen MR) is 95.5 cm³/mol. The number of hydrogen-bond acceptors (Lipinski definition) is 5. The van der Waals surface area contributed by atoms with E-state index in [0.29, 0.717) is 23.3 Å². The summed E-state index contributed by atoms with van der Waals surface area (Å²) in [5.74, 6) is -0.361. The van der Waals surface area contributed by atoms with Gasteiger partial charge < -0.3 is 4.74 Å². The molecule has 0 aliphatic rings. The number of ether oxygens (including phenoxy) is 1. The van der Waals surface area contributed by atoms with Gasteiger partial charge in [-0.15, -0.1) is 0 Å². The number of esters is 1. The Hall–Kier alpha value is -3.46. The Morgan fingerprint density at radius 1 is 1.23 bits per heavy atom. The van der Waals surface area contributed by atoms with Gasteiger partial charge in [0.25, 0.3) is 5.56 Å². The number of carbonyl (C=O) groups is 1. The van der Waals surface area contributed by atoms with Crippen LogP contribution in [0.2, 0.25) is 0 Å². The highest BCUT2D eigenvalue weighted by molar-refractivity contribution is 5.69. The maximum atomic E-state index is 12.1. The summed E-state index contributed by atoms with van der Waals surface area (Å²) >= 11 is 0. The summed E-state index contributed by atoms with van der Waals surface area (Å²) in [6, 6.07) is 14.1. The van der Waals surface area contributed by atoms with Gasteiger partial charge in [-0.1, -0.05) is 18.2 Å². The van der Waals surface area contributed by atoms with Gasteiger partial charge in [0.15, 0.2) is 0 Å². The summed E-state index contributed by atoms with van der Waals surface area (Å²) in [6.45, 7) is 1.86. The van der Waals surface area contributed by atoms with Crippen LogP contribution in [0.15, 0.2) is 53.5 Å². The highest BCUT2D eigenvalue weighted by Crippen LogP contribution is 2.08. The first-order chi connectivity index (χ1) is 12.5. The smallest absolute Gasteiger partial charge is 0.306 e. The third kappa shape index (κ3) is 4.14. The number of nitriles is 1. The molecule has 0 spiro atoms. The molecule has 0 radical (unpaired) electrons. The van der Waals surface area contributed by atoms with Crippen LogP contribution >= 0.6 is 0 Å². The largest absolute Gasteiger partial charge is 0.459 e. The van der Waals surface area contributed by atoms with Crippen LogP contribution in [0.3, 0.4) is 0 Å². The van der Waals surface area contributed by atoms with E-state index in [2.05, 4.69) is 11.1 Å². The maximum absolute atomic E-state index is 12.1. The monoisotopic (exact) mass is 347 g/mol. The Morgan fingerprint density at radius 2 is 2.00 bits per heavy atom. The van der Waals surface area contributed by atoms with Crippen molar-refractivity contribution in [1.82, 2.24) is 9.38 Å². The Balaban J connectivity index is 1.59. The van der Waals surface area contributed by atoms with Gasteiger partial charge in [0.2, 0.25) is 0 Å². The second kappa shape index (κ2) is 7.62.